The van der Waals surface area contributed by atoms with Crippen molar-refractivity contribution >= 4 is 34.4 Å². The predicted octanol–water partition coefficient (Wildman–Crippen LogP) is 3.98. The van der Waals surface area contributed by atoms with Gasteiger partial charge in [-0.15, -0.1) is 16.4 Å². The number of piperidine rings is 1. The number of hydrogen-bond acceptors (Lipinski definition) is 8. The number of carbonyl (C=O) groups excluding carboxylic acids is 3. The first-order valence-corrected chi connectivity index (χ1v) is 11.7. The standard InChI is InChI=1S/C23H30N4O6S/c1-23(2,3)32-22(30)33-27-11-5-6-15(13-27)25-19(28)17-12-18(34-20(17)26-21(24)29)14-7-9-16(31-4)10-8-14/h7-10,12,15H,5-6,11,13H2,1-4H3,(H,25,28)(H3,24,26,29)/t15-/m1/s1. The lowest BCUT2D eigenvalue weighted by atomic mass is 10.1. The number of thiophene rings is 1. The highest BCUT2D eigenvalue weighted by molar-refractivity contribution is 7.20. The first kappa shape index (κ1) is 25.3. The summed E-state index contributed by atoms with van der Waals surface area (Å²) in [6, 6.07) is 8.07. The summed E-state index contributed by atoms with van der Waals surface area (Å²) in [5, 5.41) is 7.34. The van der Waals surface area contributed by atoms with E-state index in [4.69, 9.17) is 20.0 Å². The normalized spacial score (nSPS) is 16.4. The molecule has 1 aromatic carbocycles. The number of hydrogen-bond donors (Lipinski definition) is 3. The maximum Gasteiger partial charge on any atom is 0.528 e. The average molecular weight is 491 g/mol. The lowest BCUT2D eigenvalue weighted by Crippen LogP contribution is -2.48. The van der Waals surface area contributed by atoms with Gasteiger partial charge in [0.1, 0.15) is 16.4 Å². The summed E-state index contributed by atoms with van der Waals surface area (Å²) in [7, 11) is 1.59. The molecule has 1 fully saturated rings. The monoisotopic (exact) mass is 490 g/mol. The fourth-order valence-electron chi connectivity index (χ4n) is 3.44. The van der Waals surface area contributed by atoms with E-state index < -0.39 is 17.8 Å². The van der Waals surface area contributed by atoms with Gasteiger partial charge in [-0.3, -0.25) is 10.1 Å². The van der Waals surface area contributed by atoms with Crippen molar-refractivity contribution in [3.63, 3.8) is 0 Å². The van der Waals surface area contributed by atoms with Gasteiger partial charge in [-0.2, -0.15) is 0 Å². The molecule has 10 nitrogen and oxygen atoms in total. The third-order valence-corrected chi connectivity index (χ3v) is 6.00. The zero-order valence-electron chi connectivity index (χ0n) is 19.7. The number of primary amides is 1. The Bertz CT molecular complexity index is 1030. The minimum Gasteiger partial charge on any atom is -0.497 e. The Labute approximate surface area is 202 Å². The molecular weight excluding hydrogens is 460 g/mol. The second-order valence-electron chi connectivity index (χ2n) is 8.83. The fourth-order valence-corrected chi connectivity index (χ4v) is 4.51. The van der Waals surface area contributed by atoms with Crippen LogP contribution < -0.4 is 21.1 Å². The molecule has 11 heteroatoms. The maximum absolute atomic E-state index is 13.1. The van der Waals surface area contributed by atoms with Crippen LogP contribution in [0.4, 0.5) is 14.6 Å². The predicted molar refractivity (Wildman–Crippen MR) is 129 cm³/mol. The minimum absolute atomic E-state index is 0.255. The average Bonchev–Trinajstić information content (AvgIpc) is 3.16. The van der Waals surface area contributed by atoms with Gasteiger partial charge < -0.3 is 25.4 Å². The molecule has 184 valence electrons. The number of anilines is 1. The van der Waals surface area contributed by atoms with Gasteiger partial charge in [0.25, 0.3) is 5.91 Å². The summed E-state index contributed by atoms with van der Waals surface area (Å²) >= 11 is 1.25. The zero-order chi connectivity index (χ0) is 24.9. The molecule has 0 unspecified atom stereocenters. The molecule has 0 saturated carbocycles. The highest BCUT2D eigenvalue weighted by atomic mass is 32.1. The second kappa shape index (κ2) is 10.7. The number of nitrogens with zero attached hydrogens (tertiary/aromatic N) is 1. The molecule has 0 spiro atoms. The Hall–Kier alpha value is -3.31. The van der Waals surface area contributed by atoms with Gasteiger partial charge in [0, 0.05) is 17.5 Å². The number of carbonyl (C=O) groups is 3. The van der Waals surface area contributed by atoms with E-state index in [0.29, 0.717) is 35.8 Å². The van der Waals surface area contributed by atoms with E-state index in [1.165, 1.54) is 16.4 Å². The molecule has 1 aromatic heterocycles. The van der Waals surface area contributed by atoms with Gasteiger partial charge in [0.15, 0.2) is 0 Å². The second-order valence-corrected chi connectivity index (χ2v) is 9.88. The largest absolute Gasteiger partial charge is 0.528 e. The number of amides is 3. The van der Waals surface area contributed by atoms with Crippen molar-refractivity contribution in [3.8, 4) is 16.2 Å². The number of ether oxygens (including phenoxy) is 2. The van der Waals surface area contributed by atoms with E-state index in [2.05, 4.69) is 10.6 Å². The molecule has 1 aliphatic rings. The fraction of sp³-hybridized carbons (Fsp3) is 0.435. The number of nitrogens with one attached hydrogen (secondary N) is 2. The van der Waals surface area contributed by atoms with Crippen LogP contribution in [-0.2, 0) is 9.57 Å². The molecule has 2 heterocycles. The smallest absolute Gasteiger partial charge is 0.497 e. The van der Waals surface area contributed by atoms with E-state index in [-0.39, 0.29) is 11.9 Å². The minimum atomic E-state index is -0.783. The van der Waals surface area contributed by atoms with Crippen molar-refractivity contribution in [1.29, 1.82) is 0 Å². The molecule has 1 saturated heterocycles. The SMILES string of the molecule is COc1ccc(-c2cc(C(=O)N[C@@H]3CCCN(OC(=O)OC(C)(C)C)C3)c(NC(N)=O)s2)cc1. The van der Waals surface area contributed by atoms with Crippen LogP contribution in [-0.4, -0.2) is 55.0 Å². The lowest BCUT2D eigenvalue weighted by molar-refractivity contribution is -0.154. The van der Waals surface area contributed by atoms with Crippen LogP contribution >= 0.6 is 11.3 Å². The molecule has 1 atom stereocenters. The van der Waals surface area contributed by atoms with Crippen LogP contribution in [0.25, 0.3) is 10.4 Å². The Kier molecular flexibility index (Phi) is 8.00. The number of hydroxylamine groups is 2. The van der Waals surface area contributed by atoms with E-state index in [9.17, 15) is 14.4 Å². The molecule has 0 radical (unpaired) electrons. The van der Waals surface area contributed by atoms with Gasteiger partial charge in [-0.25, -0.2) is 9.59 Å². The van der Waals surface area contributed by atoms with Gasteiger partial charge in [0.2, 0.25) is 0 Å². The molecule has 3 rings (SSSR count). The van der Waals surface area contributed by atoms with E-state index in [0.717, 1.165) is 16.9 Å². The lowest BCUT2D eigenvalue weighted by Gasteiger charge is -2.32. The quantitative estimate of drug-likeness (QED) is 0.522. The summed E-state index contributed by atoms with van der Waals surface area (Å²) in [6.07, 6.45) is 0.656. The zero-order valence-corrected chi connectivity index (χ0v) is 20.5. The Morgan fingerprint density at radius 1 is 1.18 bits per heavy atom. The van der Waals surface area contributed by atoms with E-state index in [1.807, 2.05) is 24.3 Å². The van der Waals surface area contributed by atoms with Crippen molar-refractivity contribution in [2.45, 2.75) is 45.3 Å². The third-order valence-electron chi connectivity index (χ3n) is 4.90. The summed E-state index contributed by atoms with van der Waals surface area (Å²) in [5.41, 5.74) is 5.82. The summed E-state index contributed by atoms with van der Waals surface area (Å²) in [5.74, 6) is 0.355. The van der Waals surface area contributed by atoms with Crippen molar-refractivity contribution in [2.75, 3.05) is 25.5 Å². The number of methoxy groups -OCH3 is 1. The van der Waals surface area contributed by atoms with Crippen molar-refractivity contribution < 1.29 is 28.7 Å². The van der Waals surface area contributed by atoms with E-state index in [1.54, 1.807) is 33.9 Å². The summed E-state index contributed by atoms with van der Waals surface area (Å²) < 4.78 is 10.4. The van der Waals surface area contributed by atoms with Crippen LogP contribution in [0.15, 0.2) is 30.3 Å². The van der Waals surface area contributed by atoms with Gasteiger partial charge in [-0.05, 0) is 69.5 Å². The Morgan fingerprint density at radius 2 is 1.88 bits per heavy atom. The summed E-state index contributed by atoms with van der Waals surface area (Å²) in [6.45, 7) is 6.13. The number of rotatable bonds is 6. The highest BCUT2D eigenvalue weighted by Gasteiger charge is 2.28. The molecule has 0 bridgehead atoms. The Balaban J connectivity index is 1.70. The number of nitrogens with two attached hydrogens (primary N) is 1. The van der Waals surface area contributed by atoms with E-state index >= 15 is 0 Å². The van der Waals surface area contributed by atoms with Gasteiger partial charge in [0.05, 0.1) is 19.2 Å². The molecule has 34 heavy (non-hydrogen) atoms. The van der Waals surface area contributed by atoms with Crippen LogP contribution in [0.1, 0.15) is 44.0 Å². The van der Waals surface area contributed by atoms with Crippen LogP contribution in [0.3, 0.4) is 0 Å². The maximum atomic E-state index is 13.1. The van der Waals surface area contributed by atoms with Gasteiger partial charge >= 0.3 is 12.2 Å². The molecule has 0 aliphatic carbocycles. The Morgan fingerprint density at radius 3 is 2.50 bits per heavy atom. The summed E-state index contributed by atoms with van der Waals surface area (Å²) in [4.78, 5) is 42.7. The first-order valence-electron chi connectivity index (χ1n) is 10.9. The molecule has 2 aromatic rings. The molecule has 4 N–H and O–H groups in total. The molecule has 3 amide bonds. The molecular formula is C23H30N4O6S. The topological polar surface area (TPSA) is 132 Å². The van der Waals surface area contributed by atoms with Crippen LogP contribution in [0.5, 0.6) is 5.75 Å². The first-order chi connectivity index (χ1) is 16.0. The van der Waals surface area contributed by atoms with Crippen molar-refractivity contribution in [1.82, 2.24) is 10.4 Å². The van der Waals surface area contributed by atoms with Crippen LogP contribution in [0, 0.1) is 0 Å². The third kappa shape index (κ3) is 7.09. The number of benzene rings is 1. The highest BCUT2D eigenvalue weighted by Crippen LogP contribution is 2.36. The number of urea groups is 1. The van der Waals surface area contributed by atoms with Crippen molar-refractivity contribution in [3.05, 3.63) is 35.9 Å². The van der Waals surface area contributed by atoms with Crippen molar-refractivity contribution in [2.24, 2.45) is 5.73 Å². The van der Waals surface area contributed by atoms with Crippen LogP contribution in [0.2, 0.25) is 0 Å². The molecule has 1 aliphatic heterocycles. The van der Waals surface area contributed by atoms with Gasteiger partial charge in [-0.1, -0.05) is 0 Å².